The van der Waals surface area contributed by atoms with E-state index in [-0.39, 0.29) is 18.3 Å². The molecule has 0 bridgehead atoms. The van der Waals surface area contributed by atoms with Gasteiger partial charge < -0.3 is 20.4 Å². The molecule has 2 heterocycles. The summed E-state index contributed by atoms with van der Waals surface area (Å²) < 4.78 is 0. The summed E-state index contributed by atoms with van der Waals surface area (Å²) in [7, 11) is 0. The van der Waals surface area contributed by atoms with E-state index in [9.17, 15) is 14.7 Å². The van der Waals surface area contributed by atoms with Gasteiger partial charge in [-0.3, -0.25) is 0 Å². The van der Waals surface area contributed by atoms with Gasteiger partial charge in [-0.1, -0.05) is 0 Å². The number of aromatic carboxylic acids is 1. The van der Waals surface area contributed by atoms with E-state index in [1.165, 1.54) is 16.7 Å². The largest absolute Gasteiger partial charge is 0.476 e. The highest BCUT2D eigenvalue weighted by Gasteiger charge is 2.26. The quantitative estimate of drug-likeness (QED) is 0.780. The summed E-state index contributed by atoms with van der Waals surface area (Å²) >= 11 is 1.21. The van der Waals surface area contributed by atoms with E-state index in [1.54, 1.807) is 11.8 Å². The number of carbonyl (C=O) groups is 2. The van der Waals surface area contributed by atoms with Gasteiger partial charge in [-0.2, -0.15) is 0 Å². The molecular weight excluding hydrogens is 294 g/mol. The fourth-order valence-electron chi connectivity index (χ4n) is 2.22. The Morgan fingerprint density at radius 2 is 2.24 bits per heavy atom. The molecule has 0 spiro atoms. The van der Waals surface area contributed by atoms with Crippen molar-refractivity contribution >= 4 is 23.3 Å². The number of hydrogen-bond acceptors (Lipinski definition) is 5. The lowest BCUT2D eigenvalue weighted by molar-refractivity contribution is 0.0456. The summed E-state index contributed by atoms with van der Waals surface area (Å²) in [6.45, 7) is 3.12. The van der Waals surface area contributed by atoms with Crippen LogP contribution in [0.2, 0.25) is 0 Å². The van der Waals surface area contributed by atoms with Gasteiger partial charge in [-0.05, 0) is 26.2 Å². The Balaban J connectivity index is 1.85. The molecule has 1 aromatic heterocycles. The lowest BCUT2D eigenvalue weighted by Gasteiger charge is -2.22. The molecule has 2 amide bonds. The highest BCUT2D eigenvalue weighted by Crippen LogP contribution is 2.21. The summed E-state index contributed by atoms with van der Waals surface area (Å²) in [6, 6.07) is -0.209. The first-order valence-electron chi connectivity index (χ1n) is 6.80. The first-order valence-corrected chi connectivity index (χ1v) is 7.68. The number of thiazole rings is 1. The van der Waals surface area contributed by atoms with Crippen molar-refractivity contribution in [2.24, 2.45) is 0 Å². The number of likely N-dealkylation sites (tertiary alicyclic amines) is 1. The van der Waals surface area contributed by atoms with E-state index in [4.69, 9.17) is 5.11 Å². The molecule has 1 atom stereocenters. The second kappa shape index (κ2) is 6.40. The summed E-state index contributed by atoms with van der Waals surface area (Å²) in [5.41, 5.74) is -0.712. The van der Waals surface area contributed by atoms with Gasteiger partial charge in [0.25, 0.3) is 0 Å². The first-order chi connectivity index (χ1) is 9.87. The molecule has 1 unspecified atom stereocenters. The number of carboxylic acids is 1. The van der Waals surface area contributed by atoms with Gasteiger partial charge in [0.2, 0.25) is 0 Å². The third-order valence-electron chi connectivity index (χ3n) is 3.51. The summed E-state index contributed by atoms with van der Waals surface area (Å²) in [6.07, 6.45) is 2.01. The zero-order valence-electron chi connectivity index (χ0n) is 11.8. The van der Waals surface area contributed by atoms with E-state index in [0.717, 1.165) is 6.42 Å². The Bertz CT molecular complexity index is 529. The molecule has 0 aliphatic carbocycles. The molecule has 1 saturated heterocycles. The van der Waals surface area contributed by atoms with Crippen molar-refractivity contribution in [3.05, 3.63) is 16.1 Å². The lowest BCUT2D eigenvalue weighted by Crippen LogP contribution is -2.40. The smallest absolute Gasteiger partial charge is 0.355 e. The average Bonchev–Trinajstić information content (AvgIpc) is 2.81. The Morgan fingerprint density at radius 3 is 2.90 bits per heavy atom. The first kappa shape index (κ1) is 15.7. The number of nitrogens with one attached hydrogen (secondary N) is 1. The predicted molar refractivity (Wildman–Crippen MR) is 77.4 cm³/mol. The molecule has 8 heteroatoms. The maximum Gasteiger partial charge on any atom is 0.355 e. The summed E-state index contributed by atoms with van der Waals surface area (Å²) in [5.74, 6) is -1.07. The molecule has 1 aliphatic rings. The molecule has 0 aromatic carbocycles. The fraction of sp³-hybridized carbons (Fsp3) is 0.615. The fourth-order valence-corrected chi connectivity index (χ4v) is 2.93. The predicted octanol–water partition coefficient (Wildman–Crippen LogP) is 1.29. The number of aliphatic hydroxyl groups is 1. The second-order valence-electron chi connectivity index (χ2n) is 5.43. The summed E-state index contributed by atoms with van der Waals surface area (Å²) in [4.78, 5) is 28.4. The lowest BCUT2D eigenvalue weighted by atomic mass is 9.98. The monoisotopic (exact) mass is 313 g/mol. The number of amides is 2. The van der Waals surface area contributed by atoms with E-state index in [0.29, 0.717) is 30.9 Å². The molecule has 116 valence electrons. The molecule has 0 saturated carbocycles. The number of carboxylic acid groups (broad SMARTS) is 1. The standard InChI is InChI=1S/C13H19N3O4S/c1-13(20)3-2-5-16(6-4-13)12(19)14-7-10-15-9(8-21-10)11(17)18/h8,20H,2-7H2,1H3,(H,14,19)(H,17,18). The Kier molecular flexibility index (Phi) is 4.79. The number of carbonyl (C=O) groups excluding carboxylic acids is 1. The van der Waals surface area contributed by atoms with Crippen LogP contribution in [-0.4, -0.2) is 50.8 Å². The Labute approximate surface area is 126 Å². The van der Waals surface area contributed by atoms with E-state index in [2.05, 4.69) is 10.3 Å². The van der Waals surface area contributed by atoms with Crippen LogP contribution in [0.1, 0.15) is 41.7 Å². The van der Waals surface area contributed by atoms with E-state index >= 15 is 0 Å². The highest BCUT2D eigenvalue weighted by molar-refractivity contribution is 7.09. The minimum Gasteiger partial charge on any atom is -0.476 e. The van der Waals surface area contributed by atoms with Crippen LogP contribution in [0.15, 0.2) is 5.38 Å². The van der Waals surface area contributed by atoms with Crippen LogP contribution in [0.25, 0.3) is 0 Å². The molecule has 21 heavy (non-hydrogen) atoms. The molecule has 1 aromatic rings. The van der Waals surface area contributed by atoms with Gasteiger partial charge in [0.15, 0.2) is 5.69 Å². The zero-order chi connectivity index (χ0) is 15.5. The van der Waals surface area contributed by atoms with Crippen LogP contribution in [0, 0.1) is 0 Å². The van der Waals surface area contributed by atoms with Gasteiger partial charge in [0.05, 0.1) is 12.1 Å². The van der Waals surface area contributed by atoms with Crippen molar-refractivity contribution in [3.63, 3.8) is 0 Å². The third kappa shape index (κ3) is 4.40. The van der Waals surface area contributed by atoms with Crippen molar-refractivity contribution in [2.45, 2.75) is 38.3 Å². The molecule has 3 N–H and O–H groups in total. The maximum atomic E-state index is 12.1. The van der Waals surface area contributed by atoms with Crippen molar-refractivity contribution in [3.8, 4) is 0 Å². The zero-order valence-corrected chi connectivity index (χ0v) is 12.7. The number of hydrogen-bond donors (Lipinski definition) is 3. The van der Waals surface area contributed by atoms with Gasteiger partial charge in [0.1, 0.15) is 5.01 Å². The number of rotatable bonds is 3. The number of nitrogens with zero attached hydrogens (tertiary/aromatic N) is 2. The van der Waals surface area contributed by atoms with Crippen LogP contribution in [0.5, 0.6) is 0 Å². The summed E-state index contributed by atoms with van der Waals surface area (Å²) in [5, 5.41) is 23.5. The van der Waals surface area contributed by atoms with Gasteiger partial charge in [-0.15, -0.1) is 11.3 Å². The maximum absolute atomic E-state index is 12.1. The van der Waals surface area contributed by atoms with Gasteiger partial charge >= 0.3 is 12.0 Å². The van der Waals surface area contributed by atoms with Crippen molar-refractivity contribution in [1.29, 1.82) is 0 Å². The molecule has 7 nitrogen and oxygen atoms in total. The van der Waals surface area contributed by atoms with E-state index < -0.39 is 11.6 Å². The average molecular weight is 313 g/mol. The number of aromatic nitrogens is 1. The molecule has 2 rings (SSSR count). The SMILES string of the molecule is CC1(O)CCCN(C(=O)NCc2nc(C(=O)O)cs2)CC1. The van der Waals surface area contributed by atoms with Crippen LogP contribution in [0.4, 0.5) is 4.79 Å². The van der Waals surface area contributed by atoms with E-state index in [1.807, 2.05) is 0 Å². The van der Waals surface area contributed by atoms with Crippen molar-refractivity contribution < 1.29 is 19.8 Å². The van der Waals surface area contributed by atoms with Gasteiger partial charge in [-0.25, -0.2) is 14.6 Å². The van der Waals surface area contributed by atoms with Crippen LogP contribution in [-0.2, 0) is 6.54 Å². The van der Waals surface area contributed by atoms with Crippen molar-refractivity contribution in [1.82, 2.24) is 15.2 Å². The highest BCUT2D eigenvalue weighted by atomic mass is 32.1. The topological polar surface area (TPSA) is 103 Å². The van der Waals surface area contributed by atoms with Gasteiger partial charge in [0, 0.05) is 18.5 Å². The number of urea groups is 1. The molecule has 1 aliphatic heterocycles. The van der Waals surface area contributed by atoms with Crippen LogP contribution in [0.3, 0.4) is 0 Å². The van der Waals surface area contributed by atoms with Crippen molar-refractivity contribution in [2.75, 3.05) is 13.1 Å². The third-order valence-corrected chi connectivity index (χ3v) is 4.36. The normalized spacial score (nSPS) is 22.7. The molecule has 1 fully saturated rings. The van der Waals surface area contributed by atoms with Crippen LogP contribution < -0.4 is 5.32 Å². The van der Waals surface area contributed by atoms with Crippen LogP contribution >= 0.6 is 11.3 Å². The second-order valence-corrected chi connectivity index (χ2v) is 6.37. The Hall–Kier alpha value is -1.67. The minimum absolute atomic E-state index is 0.00457. The minimum atomic E-state index is -1.07. The molecule has 0 radical (unpaired) electrons. The Morgan fingerprint density at radius 1 is 1.48 bits per heavy atom. The molecular formula is C13H19N3O4S.